The van der Waals surface area contributed by atoms with Crippen LogP contribution in [0.15, 0.2) is 72.9 Å². The molecule has 0 radical (unpaired) electrons. The van der Waals surface area contributed by atoms with Gasteiger partial charge in [0.25, 0.3) is 0 Å². The molecule has 17 atom stereocenters. The van der Waals surface area contributed by atoms with Gasteiger partial charge in [0.15, 0.2) is 18.9 Å². The predicted molar refractivity (Wildman–Crippen MR) is 411 cm³/mol. The van der Waals surface area contributed by atoms with Gasteiger partial charge in [0, 0.05) is 6.42 Å². The summed E-state index contributed by atoms with van der Waals surface area (Å²) in [5, 5.41) is 121. The topological polar surface area (TPSA) is 307 Å². The molecule has 3 fully saturated rings. The summed E-state index contributed by atoms with van der Waals surface area (Å²) >= 11 is 0. The van der Waals surface area contributed by atoms with Gasteiger partial charge < -0.3 is 89.9 Å². The summed E-state index contributed by atoms with van der Waals surface area (Å²) in [6.45, 7) is 1.73. The number of carbonyl (C=O) groups excluding carboxylic acids is 1. The van der Waals surface area contributed by atoms with E-state index in [0.717, 1.165) is 70.6 Å². The Morgan fingerprint density at radius 3 is 1.04 bits per heavy atom. The van der Waals surface area contributed by atoms with Crippen LogP contribution in [-0.4, -0.2) is 193 Å². The van der Waals surface area contributed by atoms with Crippen LogP contribution in [0.2, 0.25) is 0 Å². The van der Waals surface area contributed by atoms with E-state index >= 15 is 0 Å². The summed E-state index contributed by atoms with van der Waals surface area (Å²) in [5.41, 5.74) is 0. The van der Waals surface area contributed by atoms with Gasteiger partial charge in [0.05, 0.1) is 38.6 Å². The summed E-state index contributed by atoms with van der Waals surface area (Å²) < 4.78 is 34.4. The Bertz CT molecular complexity index is 2140. The highest BCUT2D eigenvalue weighted by Crippen LogP contribution is 2.33. The van der Waals surface area contributed by atoms with Gasteiger partial charge in [-0.05, 0) is 83.5 Å². The van der Waals surface area contributed by atoms with Crippen LogP contribution in [0.3, 0.4) is 0 Å². The number of aliphatic hydroxyl groups is 11. The fourth-order valence-corrected chi connectivity index (χ4v) is 13.8. The lowest BCUT2D eigenvalue weighted by molar-refractivity contribution is -0.379. The van der Waals surface area contributed by atoms with Crippen LogP contribution in [0.25, 0.3) is 0 Å². The number of nitrogens with one attached hydrogen (secondary N) is 1. The molecule has 600 valence electrons. The molecule has 3 aliphatic rings. The van der Waals surface area contributed by atoms with Crippen LogP contribution in [0.5, 0.6) is 0 Å². The number of allylic oxidation sites excluding steroid dienone is 11. The Labute approximate surface area is 623 Å². The van der Waals surface area contributed by atoms with E-state index in [1.54, 1.807) is 6.08 Å². The van der Waals surface area contributed by atoms with E-state index < -0.39 is 124 Å². The average Bonchev–Trinajstić information content (AvgIpc) is 0.781. The van der Waals surface area contributed by atoms with E-state index in [0.29, 0.717) is 12.8 Å². The molecule has 19 nitrogen and oxygen atoms in total. The van der Waals surface area contributed by atoms with Gasteiger partial charge in [0.2, 0.25) is 5.91 Å². The van der Waals surface area contributed by atoms with Crippen LogP contribution < -0.4 is 5.32 Å². The summed E-state index contributed by atoms with van der Waals surface area (Å²) in [7, 11) is 0. The van der Waals surface area contributed by atoms with Gasteiger partial charge in [-0.2, -0.15) is 0 Å². The fourth-order valence-electron chi connectivity index (χ4n) is 13.8. The molecule has 3 saturated heterocycles. The van der Waals surface area contributed by atoms with Crippen LogP contribution in [-0.2, 0) is 33.2 Å². The van der Waals surface area contributed by atoms with E-state index in [2.05, 4.69) is 79.9 Å². The van der Waals surface area contributed by atoms with Crippen molar-refractivity contribution in [3.05, 3.63) is 72.9 Å². The Hall–Kier alpha value is -2.77. The number of amides is 1. The molecular weight excluding hydrogens is 1310 g/mol. The molecule has 0 spiro atoms. The van der Waals surface area contributed by atoms with Crippen molar-refractivity contribution < 1.29 is 89.4 Å². The molecule has 0 aliphatic carbocycles. The summed E-state index contributed by atoms with van der Waals surface area (Å²) in [6, 6.07) is -1.00. The Kier molecular flexibility index (Phi) is 58.8. The molecule has 3 rings (SSSR count). The third kappa shape index (κ3) is 43.9. The standard InChI is InChI=1S/C84H151NO18/c1-3-5-7-9-11-13-15-17-19-21-23-25-27-29-31-32-33-34-36-37-39-41-43-45-47-49-51-53-55-57-59-61-68(89)67(85-72(90)62-60-58-56-54-52-50-48-46-44-42-40-38-35-30-28-26-24-22-20-18-16-14-12-10-8-6-4-2)66-98-82-78(96)75(93)80(70(64-87)100-82)103-84-79(97)76(94)81(71(65-88)101-84)102-83-77(95)74(92)73(91)69(63-86)99-83/h16,18,22,24,28,30,43,45,51,53,59,61,67-71,73-84,86-89,91-97H,3-15,17,19-21,23,25-27,29,31-42,44,46-50,52,54-58,60,62-66H2,1-2H3,(H,85,90)/b18-16-,24-22-,30-28-,45-43+,53-51+,61-59+. The summed E-state index contributed by atoms with van der Waals surface area (Å²) in [4.78, 5) is 13.5. The van der Waals surface area contributed by atoms with E-state index in [1.165, 1.54) is 218 Å². The van der Waals surface area contributed by atoms with Crippen LogP contribution in [0, 0.1) is 0 Å². The second kappa shape index (κ2) is 64.1. The van der Waals surface area contributed by atoms with Crippen molar-refractivity contribution in [1.29, 1.82) is 0 Å². The number of carbonyl (C=O) groups is 1. The van der Waals surface area contributed by atoms with Gasteiger partial charge in [-0.15, -0.1) is 0 Å². The zero-order valence-electron chi connectivity index (χ0n) is 64.3. The molecule has 19 heteroatoms. The molecule has 3 heterocycles. The van der Waals surface area contributed by atoms with Crippen molar-refractivity contribution in [3.63, 3.8) is 0 Å². The van der Waals surface area contributed by atoms with Crippen molar-refractivity contribution >= 4 is 5.91 Å². The Morgan fingerprint density at radius 2 is 0.650 bits per heavy atom. The van der Waals surface area contributed by atoms with Crippen LogP contribution in [0.4, 0.5) is 0 Å². The highest BCUT2D eigenvalue weighted by atomic mass is 16.8. The molecule has 12 N–H and O–H groups in total. The molecule has 1 amide bonds. The van der Waals surface area contributed by atoms with Gasteiger partial charge in [0.1, 0.15) is 73.2 Å². The van der Waals surface area contributed by atoms with E-state index in [4.69, 9.17) is 28.4 Å². The zero-order chi connectivity index (χ0) is 74.6. The summed E-state index contributed by atoms with van der Waals surface area (Å²) in [6.07, 6.45) is 57.5. The number of aliphatic hydroxyl groups excluding tert-OH is 11. The van der Waals surface area contributed by atoms with Crippen molar-refractivity contribution in [1.82, 2.24) is 5.32 Å². The van der Waals surface area contributed by atoms with Crippen LogP contribution in [0.1, 0.15) is 322 Å². The predicted octanol–water partition coefficient (Wildman–Crippen LogP) is 14.4. The lowest BCUT2D eigenvalue weighted by atomic mass is 9.96. The second-order valence-corrected chi connectivity index (χ2v) is 29.6. The molecule has 0 saturated carbocycles. The minimum absolute atomic E-state index is 0.227. The lowest BCUT2D eigenvalue weighted by Gasteiger charge is -2.48. The molecule has 103 heavy (non-hydrogen) atoms. The molecule has 0 aromatic carbocycles. The number of unbranched alkanes of at least 4 members (excludes halogenated alkanes) is 40. The molecule has 0 aromatic rings. The first kappa shape index (κ1) is 94.4. The highest BCUT2D eigenvalue weighted by Gasteiger charge is 2.54. The first-order chi connectivity index (χ1) is 50.3. The van der Waals surface area contributed by atoms with Gasteiger partial charge >= 0.3 is 0 Å². The quantitative estimate of drug-likeness (QED) is 0.0199. The normalized spacial score (nSPS) is 26.4. The van der Waals surface area contributed by atoms with Crippen molar-refractivity contribution in [2.24, 2.45) is 0 Å². The van der Waals surface area contributed by atoms with Crippen LogP contribution >= 0.6 is 0 Å². The maximum Gasteiger partial charge on any atom is 0.220 e. The van der Waals surface area contributed by atoms with Gasteiger partial charge in [-0.3, -0.25) is 4.79 Å². The molecule has 17 unspecified atom stereocenters. The second-order valence-electron chi connectivity index (χ2n) is 29.6. The Morgan fingerprint density at radius 1 is 0.350 bits per heavy atom. The largest absolute Gasteiger partial charge is 0.394 e. The van der Waals surface area contributed by atoms with E-state index in [-0.39, 0.29) is 18.9 Å². The van der Waals surface area contributed by atoms with Crippen molar-refractivity contribution in [2.45, 2.75) is 426 Å². The third-order valence-corrected chi connectivity index (χ3v) is 20.5. The van der Waals surface area contributed by atoms with Crippen molar-refractivity contribution in [2.75, 3.05) is 26.4 Å². The van der Waals surface area contributed by atoms with Crippen molar-refractivity contribution in [3.8, 4) is 0 Å². The third-order valence-electron chi connectivity index (χ3n) is 20.5. The fraction of sp³-hybridized carbons (Fsp3) is 0.845. The SMILES string of the molecule is CCCCCCC/C=C\C/C=C\C/C=C\CCCCCCCCCCCCCCC(=O)NC(COC1OC(CO)C(OC2OC(CO)C(OC3OC(CO)C(O)C(O)C3O)C(O)C2O)C(O)C1O)C(O)/C=C/CC/C=C/CC/C=C/CCCCCCCCCCCCCCCCCCCCCCC. The lowest BCUT2D eigenvalue weighted by Crippen LogP contribution is -2.66. The smallest absolute Gasteiger partial charge is 0.220 e. The Balaban J connectivity index is 1.39. The van der Waals surface area contributed by atoms with E-state index in [9.17, 15) is 61.0 Å². The molecule has 0 bridgehead atoms. The number of hydrogen-bond donors (Lipinski definition) is 12. The number of rotatable bonds is 66. The minimum Gasteiger partial charge on any atom is -0.394 e. The average molecular weight is 1460 g/mol. The number of ether oxygens (including phenoxy) is 6. The first-order valence-corrected chi connectivity index (χ1v) is 41.7. The van der Waals surface area contributed by atoms with E-state index in [1.807, 2.05) is 6.08 Å². The minimum atomic E-state index is -1.99. The first-order valence-electron chi connectivity index (χ1n) is 41.7. The molecule has 0 aromatic heterocycles. The number of hydrogen-bond acceptors (Lipinski definition) is 18. The molecular formula is C84H151NO18. The van der Waals surface area contributed by atoms with Gasteiger partial charge in [-0.25, -0.2) is 0 Å². The maximum absolute atomic E-state index is 13.5. The summed E-state index contributed by atoms with van der Waals surface area (Å²) in [5.74, 6) is -0.290. The maximum atomic E-state index is 13.5. The highest BCUT2D eigenvalue weighted by molar-refractivity contribution is 5.76. The van der Waals surface area contributed by atoms with Gasteiger partial charge in [-0.1, -0.05) is 305 Å². The zero-order valence-corrected chi connectivity index (χ0v) is 64.3. The molecule has 3 aliphatic heterocycles. The monoisotopic (exact) mass is 1460 g/mol.